The summed E-state index contributed by atoms with van der Waals surface area (Å²) < 4.78 is 7.34. The van der Waals surface area contributed by atoms with Gasteiger partial charge in [-0.2, -0.15) is 0 Å². The van der Waals surface area contributed by atoms with Crippen LogP contribution in [0.15, 0.2) is 78.0 Å². The summed E-state index contributed by atoms with van der Waals surface area (Å²) in [7, 11) is 1.58. The number of thioether (sulfide) groups is 1. The second kappa shape index (κ2) is 10.4. The lowest BCUT2D eigenvalue weighted by molar-refractivity contribution is -0.113. The molecule has 6 nitrogen and oxygen atoms in total. The van der Waals surface area contributed by atoms with Crippen LogP contribution in [0, 0.1) is 6.92 Å². The van der Waals surface area contributed by atoms with Gasteiger partial charge in [0.05, 0.1) is 18.6 Å². The zero-order valence-electron chi connectivity index (χ0n) is 20.7. The van der Waals surface area contributed by atoms with E-state index in [9.17, 15) is 4.79 Å². The second-order valence-corrected chi connectivity index (χ2v) is 10.3. The average molecular weight is 487 g/mol. The first kappa shape index (κ1) is 24.5. The molecule has 0 atom stereocenters. The smallest absolute Gasteiger partial charge is 0.234 e. The fourth-order valence-electron chi connectivity index (χ4n) is 3.66. The molecule has 0 aliphatic heterocycles. The molecule has 1 N–H and O–H groups in total. The van der Waals surface area contributed by atoms with Gasteiger partial charge in [-0.3, -0.25) is 9.36 Å². The van der Waals surface area contributed by atoms with E-state index in [1.54, 1.807) is 7.11 Å². The van der Waals surface area contributed by atoms with Crippen LogP contribution in [0.1, 0.15) is 31.9 Å². The van der Waals surface area contributed by atoms with Crippen LogP contribution in [-0.2, 0) is 10.2 Å². The zero-order valence-corrected chi connectivity index (χ0v) is 21.5. The number of para-hydroxylation sites is 2. The Labute approximate surface area is 210 Å². The third-order valence-corrected chi connectivity index (χ3v) is 6.58. The Hall–Kier alpha value is -3.58. The number of hydrogen-bond donors (Lipinski definition) is 1. The molecule has 4 aromatic rings. The molecule has 0 unspecified atom stereocenters. The fraction of sp³-hybridized carbons (Fsp3) is 0.250. The molecule has 35 heavy (non-hydrogen) atoms. The van der Waals surface area contributed by atoms with Crippen molar-refractivity contribution in [2.24, 2.45) is 0 Å². The molecule has 7 heteroatoms. The molecule has 0 saturated carbocycles. The Morgan fingerprint density at radius 1 is 0.971 bits per heavy atom. The van der Waals surface area contributed by atoms with E-state index in [1.807, 2.05) is 41.0 Å². The van der Waals surface area contributed by atoms with E-state index in [-0.39, 0.29) is 17.1 Å². The van der Waals surface area contributed by atoms with Gasteiger partial charge < -0.3 is 10.1 Å². The van der Waals surface area contributed by atoms with Crippen molar-refractivity contribution in [3.63, 3.8) is 0 Å². The minimum atomic E-state index is -0.144. The van der Waals surface area contributed by atoms with Crippen molar-refractivity contribution in [3.05, 3.63) is 83.9 Å². The van der Waals surface area contributed by atoms with Gasteiger partial charge in [0.2, 0.25) is 5.91 Å². The van der Waals surface area contributed by atoms with Crippen molar-refractivity contribution in [2.45, 2.75) is 38.3 Å². The molecule has 1 amide bonds. The molecule has 1 aromatic heterocycles. The maximum Gasteiger partial charge on any atom is 0.234 e. The number of ether oxygens (including phenoxy) is 1. The Kier molecular flexibility index (Phi) is 7.26. The van der Waals surface area contributed by atoms with Crippen molar-refractivity contribution in [2.75, 3.05) is 18.2 Å². The van der Waals surface area contributed by atoms with Gasteiger partial charge in [-0.1, -0.05) is 86.6 Å². The van der Waals surface area contributed by atoms with Crippen LogP contribution < -0.4 is 10.1 Å². The van der Waals surface area contributed by atoms with Gasteiger partial charge in [0.1, 0.15) is 5.75 Å². The first-order valence-electron chi connectivity index (χ1n) is 11.5. The molecule has 0 spiro atoms. The standard InChI is InChI=1S/C28H30N4O2S/c1-19-10-16-22(17-11-19)32-26(20-12-14-21(15-13-20)28(2,3)4)30-31-27(32)35-18-25(33)29-23-8-6-7-9-24(23)34-5/h6-17H,18H2,1-5H3,(H,29,33). The molecule has 3 aromatic carbocycles. The van der Waals surface area contributed by atoms with Gasteiger partial charge in [0.15, 0.2) is 11.0 Å². The lowest BCUT2D eigenvalue weighted by Crippen LogP contribution is -2.15. The highest BCUT2D eigenvalue weighted by Crippen LogP contribution is 2.31. The Morgan fingerprint density at radius 2 is 1.66 bits per heavy atom. The Balaban J connectivity index is 1.61. The lowest BCUT2D eigenvalue weighted by Gasteiger charge is -2.19. The number of aromatic nitrogens is 3. The maximum absolute atomic E-state index is 12.7. The number of nitrogens with one attached hydrogen (secondary N) is 1. The molecule has 0 saturated heterocycles. The number of nitrogens with zero attached hydrogens (tertiary/aromatic N) is 3. The molecule has 0 aliphatic carbocycles. The van der Waals surface area contributed by atoms with Crippen molar-refractivity contribution in [3.8, 4) is 22.8 Å². The van der Waals surface area contributed by atoms with Crippen LogP contribution in [-0.4, -0.2) is 33.5 Å². The number of carbonyl (C=O) groups is 1. The topological polar surface area (TPSA) is 69.0 Å². The normalized spacial score (nSPS) is 11.3. The number of hydrogen-bond acceptors (Lipinski definition) is 5. The highest BCUT2D eigenvalue weighted by Gasteiger charge is 2.19. The van der Waals surface area contributed by atoms with Crippen LogP contribution in [0.4, 0.5) is 5.69 Å². The molecule has 4 rings (SSSR count). The first-order valence-corrected chi connectivity index (χ1v) is 12.4. The van der Waals surface area contributed by atoms with Gasteiger partial charge in [-0.15, -0.1) is 10.2 Å². The summed E-state index contributed by atoms with van der Waals surface area (Å²) in [6.45, 7) is 8.64. The molecular formula is C28H30N4O2S. The second-order valence-electron chi connectivity index (χ2n) is 9.34. The van der Waals surface area contributed by atoms with Gasteiger partial charge in [-0.05, 0) is 42.2 Å². The monoisotopic (exact) mass is 486 g/mol. The summed E-state index contributed by atoms with van der Waals surface area (Å²) >= 11 is 1.35. The van der Waals surface area contributed by atoms with Gasteiger partial charge >= 0.3 is 0 Å². The van der Waals surface area contributed by atoms with Gasteiger partial charge in [0.25, 0.3) is 0 Å². The highest BCUT2D eigenvalue weighted by atomic mass is 32.2. The van der Waals surface area contributed by atoms with Crippen molar-refractivity contribution >= 4 is 23.4 Å². The van der Waals surface area contributed by atoms with Crippen LogP contribution in [0.5, 0.6) is 5.75 Å². The van der Waals surface area contributed by atoms with Crippen molar-refractivity contribution in [1.82, 2.24) is 14.8 Å². The number of aryl methyl sites for hydroxylation is 1. The predicted molar refractivity (Wildman–Crippen MR) is 143 cm³/mol. The van der Waals surface area contributed by atoms with Crippen molar-refractivity contribution in [1.29, 1.82) is 0 Å². The number of anilines is 1. The molecule has 0 fully saturated rings. The number of rotatable bonds is 7. The first-order chi connectivity index (χ1) is 16.8. The summed E-state index contributed by atoms with van der Waals surface area (Å²) in [4.78, 5) is 12.7. The van der Waals surface area contributed by atoms with E-state index in [0.717, 1.165) is 17.1 Å². The SMILES string of the molecule is COc1ccccc1NC(=O)CSc1nnc(-c2ccc(C(C)(C)C)cc2)n1-c1ccc(C)cc1. The fourth-order valence-corrected chi connectivity index (χ4v) is 4.41. The highest BCUT2D eigenvalue weighted by molar-refractivity contribution is 7.99. The van der Waals surface area contributed by atoms with E-state index in [4.69, 9.17) is 4.74 Å². The average Bonchev–Trinajstić information content (AvgIpc) is 3.27. The lowest BCUT2D eigenvalue weighted by atomic mass is 9.87. The Morgan fingerprint density at radius 3 is 2.31 bits per heavy atom. The summed E-state index contributed by atoms with van der Waals surface area (Å²) in [5, 5.41) is 12.5. The van der Waals surface area contributed by atoms with Crippen LogP contribution in [0.2, 0.25) is 0 Å². The molecule has 0 aliphatic rings. The third-order valence-electron chi connectivity index (χ3n) is 5.65. The molecular weight excluding hydrogens is 456 g/mol. The zero-order chi connectivity index (χ0) is 25.0. The van der Waals surface area contributed by atoms with Crippen LogP contribution >= 0.6 is 11.8 Å². The summed E-state index contributed by atoms with van der Waals surface area (Å²) in [6.07, 6.45) is 0. The van der Waals surface area contributed by atoms with Gasteiger partial charge in [0, 0.05) is 11.3 Å². The van der Waals surface area contributed by atoms with E-state index >= 15 is 0 Å². The quantitative estimate of drug-likeness (QED) is 0.311. The molecule has 1 heterocycles. The molecule has 180 valence electrons. The van der Waals surface area contributed by atoms with Crippen molar-refractivity contribution < 1.29 is 9.53 Å². The number of carbonyl (C=O) groups excluding carboxylic acids is 1. The van der Waals surface area contributed by atoms with E-state index < -0.39 is 0 Å². The van der Waals surface area contributed by atoms with E-state index in [1.165, 1.54) is 22.9 Å². The number of methoxy groups -OCH3 is 1. The molecule has 0 bridgehead atoms. The van der Waals surface area contributed by atoms with Crippen LogP contribution in [0.3, 0.4) is 0 Å². The minimum Gasteiger partial charge on any atom is -0.495 e. The summed E-state index contributed by atoms with van der Waals surface area (Å²) in [5.74, 6) is 1.40. The van der Waals surface area contributed by atoms with Gasteiger partial charge in [-0.25, -0.2) is 0 Å². The molecule has 0 radical (unpaired) electrons. The summed E-state index contributed by atoms with van der Waals surface area (Å²) in [5.41, 5.74) is 5.05. The third kappa shape index (κ3) is 5.74. The number of amides is 1. The predicted octanol–water partition coefficient (Wildman–Crippen LogP) is 6.28. The maximum atomic E-state index is 12.7. The van der Waals surface area contributed by atoms with E-state index in [0.29, 0.717) is 16.6 Å². The van der Waals surface area contributed by atoms with E-state index in [2.05, 4.69) is 79.6 Å². The Bertz CT molecular complexity index is 1310. The van der Waals surface area contributed by atoms with Crippen LogP contribution in [0.25, 0.3) is 17.1 Å². The number of benzene rings is 3. The minimum absolute atomic E-state index is 0.0684. The largest absolute Gasteiger partial charge is 0.495 e. The summed E-state index contributed by atoms with van der Waals surface area (Å²) in [6, 6.07) is 24.0.